The van der Waals surface area contributed by atoms with Crippen LogP contribution in [0.15, 0.2) is 76.1 Å². The van der Waals surface area contributed by atoms with E-state index in [0.717, 1.165) is 16.3 Å². The van der Waals surface area contributed by atoms with Crippen molar-refractivity contribution in [3.05, 3.63) is 84.0 Å². The number of amides is 1. The van der Waals surface area contributed by atoms with Crippen LogP contribution in [0.2, 0.25) is 0 Å². The third kappa shape index (κ3) is 5.57. The summed E-state index contributed by atoms with van der Waals surface area (Å²) >= 11 is 0. The number of piperidine rings is 1. The zero-order valence-corrected chi connectivity index (χ0v) is 21.7. The van der Waals surface area contributed by atoms with Crippen LogP contribution in [0.3, 0.4) is 0 Å². The molecule has 1 amide bonds. The standard InChI is InChI=1S/C28H30N4O4S/c1-19(2)28-30-26(31-36-28)17-20-7-10-24(11-8-20)29-27(33)22-13-15-32(16-14-22)37(34,35)25-12-9-21-5-3-4-6-23(21)18-25/h3-12,18-19,22H,13-17H2,1-2H3,(H,29,33). The molecule has 4 aromatic rings. The molecule has 0 saturated carbocycles. The van der Waals surface area contributed by atoms with Crippen molar-refractivity contribution in [2.24, 2.45) is 5.92 Å². The van der Waals surface area contributed by atoms with Gasteiger partial charge in [-0.15, -0.1) is 0 Å². The number of anilines is 1. The molecule has 5 rings (SSSR count). The van der Waals surface area contributed by atoms with Crippen molar-refractivity contribution < 1.29 is 17.7 Å². The lowest BCUT2D eigenvalue weighted by molar-refractivity contribution is -0.120. The van der Waals surface area contributed by atoms with E-state index in [9.17, 15) is 13.2 Å². The number of hydrogen-bond donors (Lipinski definition) is 1. The van der Waals surface area contributed by atoms with Crippen LogP contribution < -0.4 is 5.32 Å². The number of aromatic nitrogens is 2. The molecule has 2 heterocycles. The Kier molecular flexibility index (Phi) is 7.08. The number of nitrogens with one attached hydrogen (secondary N) is 1. The monoisotopic (exact) mass is 518 g/mol. The molecule has 1 N–H and O–H groups in total. The zero-order chi connectivity index (χ0) is 26.0. The molecule has 1 aromatic heterocycles. The fourth-order valence-corrected chi connectivity index (χ4v) is 6.05. The van der Waals surface area contributed by atoms with Crippen molar-refractivity contribution in [1.82, 2.24) is 14.4 Å². The molecule has 0 bridgehead atoms. The summed E-state index contributed by atoms with van der Waals surface area (Å²) in [6.07, 6.45) is 1.51. The number of nitrogens with zero attached hydrogens (tertiary/aromatic N) is 3. The molecule has 1 fully saturated rings. The van der Waals surface area contributed by atoms with E-state index in [4.69, 9.17) is 4.52 Å². The van der Waals surface area contributed by atoms with Crippen LogP contribution in [0.25, 0.3) is 10.8 Å². The predicted octanol–water partition coefficient (Wildman–Crippen LogP) is 4.98. The fraction of sp³-hybridized carbons (Fsp3) is 0.321. The third-order valence-corrected chi connectivity index (χ3v) is 8.64. The molecule has 1 aliphatic rings. The second-order valence-corrected chi connectivity index (χ2v) is 11.7. The lowest BCUT2D eigenvalue weighted by Crippen LogP contribution is -2.41. The van der Waals surface area contributed by atoms with E-state index in [1.807, 2.05) is 68.4 Å². The van der Waals surface area contributed by atoms with Gasteiger partial charge in [-0.05, 0) is 53.4 Å². The third-order valence-electron chi connectivity index (χ3n) is 6.74. The second-order valence-electron chi connectivity index (χ2n) is 9.75. The van der Waals surface area contributed by atoms with Gasteiger partial charge in [-0.25, -0.2) is 8.42 Å². The molecule has 0 atom stereocenters. The Morgan fingerprint density at radius 2 is 1.73 bits per heavy atom. The van der Waals surface area contributed by atoms with E-state index in [-0.39, 0.29) is 22.6 Å². The van der Waals surface area contributed by atoms with Gasteiger partial charge in [-0.2, -0.15) is 9.29 Å². The molecular weight excluding hydrogens is 488 g/mol. The number of sulfonamides is 1. The van der Waals surface area contributed by atoms with Gasteiger partial charge in [0.25, 0.3) is 0 Å². The number of carbonyl (C=O) groups excluding carboxylic acids is 1. The van der Waals surface area contributed by atoms with Gasteiger partial charge < -0.3 is 9.84 Å². The van der Waals surface area contributed by atoms with E-state index in [2.05, 4.69) is 15.5 Å². The van der Waals surface area contributed by atoms with Crippen LogP contribution in [-0.2, 0) is 21.2 Å². The molecule has 8 nitrogen and oxygen atoms in total. The summed E-state index contributed by atoms with van der Waals surface area (Å²) in [5.41, 5.74) is 1.72. The summed E-state index contributed by atoms with van der Waals surface area (Å²) in [5.74, 6) is 1.11. The SMILES string of the molecule is CC(C)c1nc(Cc2ccc(NC(=O)C3CCN(S(=O)(=O)c4ccc5ccccc5c4)CC3)cc2)no1. The van der Waals surface area contributed by atoms with Crippen molar-refractivity contribution >= 4 is 32.4 Å². The van der Waals surface area contributed by atoms with Gasteiger partial charge in [0.2, 0.25) is 21.8 Å². The summed E-state index contributed by atoms with van der Waals surface area (Å²) in [6.45, 7) is 4.63. The Balaban J connectivity index is 1.16. The van der Waals surface area contributed by atoms with Gasteiger partial charge in [0, 0.05) is 37.0 Å². The largest absolute Gasteiger partial charge is 0.339 e. The molecule has 1 aliphatic heterocycles. The molecule has 1 saturated heterocycles. The van der Waals surface area contributed by atoms with E-state index >= 15 is 0 Å². The van der Waals surface area contributed by atoms with E-state index in [0.29, 0.717) is 49.8 Å². The van der Waals surface area contributed by atoms with Crippen molar-refractivity contribution in [2.45, 2.75) is 43.9 Å². The van der Waals surface area contributed by atoms with Gasteiger partial charge >= 0.3 is 0 Å². The van der Waals surface area contributed by atoms with Gasteiger partial charge in [0.15, 0.2) is 5.82 Å². The number of hydrogen-bond acceptors (Lipinski definition) is 6. The first kappa shape index (κ1) is 25.1. The maximum atomic E-state index is 13.2. The summed E-state index contributed by atoms with van der Waals surface area (Å²) in [7, 11) is -3.61. The number of carbonyl (C=O) groups is 1. The molecule has 0 radical (unpaired) electrons. The van der Waals surface area contributed by atoms with Crippen molar-refractivity contribution in [3.63, 3.8) is 0 Å². The zero-order valence-electron chi connectivity index (χ0n) is 20.9. The number of rotatable bonds is 7. The average Bonchev–Trinajstić information content (AvgIpc) is 3.38. The van der Waals surface area contributed by atoms with Crippen LogP contribution in [-0.4, -0.2) is 41.9 Å². The first-order valence-electron chi connectivity index (χ1n) is 12.5. The van der Waals surface area contributed by atoms with E-state index < -0.39 is 10.0 Å². The van der Waals surface area contributed by atoms with E-state index in [1.54, 1.807) is 12.1 Å². The molecule has 0 unspecified atom stereocenters. The number of benzene rings is 3. The normalized spacial score (nSPS) is 15.3. The highest BCUT2D eigenvalue weighted by molar-refractivity contribution is 7.89. The Bertz CT molecular complexity index is 1500. The van der Waals surface area contributed by atoms with Gasteiger partial charge in [0.1, 0.15) is 0 Å². The summed E-state index contributed by atoms with van der Waals surface area (Å²) in [6, 6.07) is 20.5. The first-order valence-corrected chi connectivity index (χ1v) is 13.9. The predicted molar refractivity (Wildman–Crippen MR) is 142 cm³/mol. The summed E-state index contributed by atoms with van der Waals surface area (Å²) in [4.78, 5) is 17.6. The molecule has 37 heavy (non-hydrogen) atoms. The molecule has 3 aromatic carbocycles. The highest BCUT2D eigenvalue weighted by atomic mass is 32.2. The maximum absolute atomic E-state index is 13.2. The topological polar surface area (TPSA) is 105 Å². The van der Waals surface area contributed by atoms with Gasteiger partial charge in [-0.1, -0.05) is 61.5 Å². The Hall–Kier alpha value is -3.56. The fourth-order valence-electron chi connectivity index (χ4n) is 4.54. The Labute approximate surface area is 216 Å². The Morgan fingerprint density at radius 1 is 1.03 bits per heavy atom. The lowest BCUT2D eigenvalue weighted by atomic mass is 9.97. The molecular formula is C28H30N4O4S. The quantitative estimate of drug-likeness (QED) is 0.370. The van der Waals surface area contributed by atoms with Crippen LogP contribution in [0.1, 0.15) is 49.9 Å². The Morgan fingerprint density at radius 3 is 2.41 bits per heavy atom. The van der Waals surface area contributed by atoms with Gasteiger partial charge in [0.05, 0.1) is 4.90 Å². The van der Waals surface area contributed by atoms with Crippen LogP contribution in [0, 0.1) is 5.92 Å². The molecule has 192 valence electrons. The number of fused-ring (bicyclic) bond motifs is 1. The minimum Gasteiger partial charge on any atom is -0.339 e. The maximum Gasteiger partial charge on any atom is 0.243 e. The van der Waals surface area contributed by atoms with Crippen molar-refractivity contribution in [2.75, 3.05) is 18.4 Å². The van der Waals surface area contributed by atoms with Crippen molar-refractivity contribution in [1.29, 1.82) is 0 Å². The highest BCUT2D eigenvalue weighted by Gasteiger charge is 2.32. The average molecular weight is 519 g/mol. The lowest BCUT2D eigenvalue weighted by Gasteiger charge is -2.30. The van der Waals surface area contributed by atoms with Crippen molar-refractivity contribution in [3.8, 4) is 0 Å². The molecule has 0 spiro atoms. The van der Waals surface area contributed by atoms with Crippen LogP contribution in [0.4, 0.5) is 5.69 Å². The van der Waals surface area contributed by atoms with Gasteiger partial charge in [-0.3, -0.25) is 4.79 Å². The molecule has 9 heteroatoms. The molecule has 0 aliphatic carbocycles. The highest BCUT2D eigenvalue weighted by Crippen LogP contribution is 2.27. The smallest absolute Gasteiger partial charge is 0.243 e. The minimum absolute atomic E-state index is 0.0877. The summed E-state index contributed by atoms with van der Waals surface area (Å²) < 4.78 is 33.2. The van der Waals surface area contributed by atoms with Crippen LogP contribution in [0.5, 0.6) is 0 Å². The van der Waals surface area contributed by atoms with Crippen LogP contribution >= 0.6 is 0 Å². The first-order chi connectivity index (χ1) is 17.8. The summed E-state index contributed by atoms with van der Waals surface area (Å²) in [5, 5.41) is 8.88. The minimum atomic E-state index is -3.61. The second kappa shape index (κ2) is 10.4. The van der Waals surface area contributed by atoms with E-state index in [1.165, 1.54) is 4.31 Å².